The van der Waals surface area contributed by atoms with E-state index in [1.807, 2.05) is 6.92 Å². The van der Waals surface area contributed by atoms with Crippen LogP contribution in [0.15, 0.2) is 47.4 Å². The van der Waals surface area contributed by atoms with Crippen LogP contribution in [0, 0.1) is 5.82 Å². The van der Waals surface area contributed by atoms with Gasteiger partial charge in [0.25, 0.3) is 0 Å². The Balaban J connectivity index is 1.19. The SMILES string of the molecule is CCc1nn(CCOC(C)=O)cc1Nc1ncc(-c2ccc(CC(=O)Nc3cc(C4(C(F)(F)F)CC4)on3)c(F)c2)cn1. The molecule has 0 atom stereocenters. The van der Waals surface area contributed by atoms with Gasteiger partial charge in [-0.15, -0.1) is 0 Å². The summed E-state index contributed by atoms with van der Waals surface area (Å²) in [7, 11) is 0. The lowest BCUT2D eigenvalue weighted by molar-refractivity contribution is -0.165. The van der Waals surface area contributed by atoms with Crippen LogP contribution in [0.5, 0.6) is 0 Å². The quantitative estimate of drug-likeness (QED) is 0.177. The molecule has 0 saturated heterocycles. The number of nitrogens with one attached hydrogen (secondary N) is 2. The van der Waals surface area contributed by atoms with Crippen molar-refractivity contribution >= 4 is 29.3 Å². The van der Waals surface area contributed by atoms with Gasteiger partial charge in [-0.1, -0.05) is 24.2 Å². The highest BCUT2D eigenvalue weighted by atomic mass is 19.4. The van der Waals surface area contributed by atoms with Crippen molar-refractivity contribution in [1.82, 2.24) is 24.9 Å². The number of aromatic nitrogens is 5. The first-order valence-corrected chi connectivity index (χ1v) is 13.4. The number of carbonyl (C=O) groups excluding carboxylic acids is 2. The zero-order chi connectivity index (χ0) is 30.8. The van der Waals surface area contributed by atoms with E-state index in [2.05, 4.69) is 30.9 Å². The van der Waals surface area contributed by atoms with E-state index in [1.165, 1.54) is 31.5 Å². The maximum atomic E-state index is 14.9. The monoisotopic (exact) mass is 601 g/mol. The van der Waals surface area contributed by atoms with Crippen LogP contribution in [-0.2, 0) is 39.1 Å². The second-order valence-electron chi connectivity index (χ2n) is 10.1. The highest BCUT2D eigenvalue weighted by molar-refractivity contribution is 5.91. The van der Waals surface area contributed by atoms with Crippen molar-refractivity contribution in [3.63, 3.8) is 0 Å². The van der Waals surface area contributed by atoms with Crippen LogP contribution in [0.3, 0.4) is 0 Å². The standard InChI is InChI=1S/C28H27F4N7O4/c1-3-21-22(15-39(37-21)8-9-42-16(2)40)35-26-33-13-19(14-34-26)17-4-5-18(20(29)10-17)11-25(41)36-24-12-23(43-38-24)27(6-7-27)28(30,31)32/h4-5,10,12-15H,3,6-9,11H2,1-2H3,(H,33,34,35)(H,36,38,41). The van der Waals surface area contributed by atoms with E-state index in [-0.39, 0.29) is 49.0 Å². The number of benzene rings is 1. The molecule has 1 fully saturated rings. The molecule has 15 heteroatoms. The van der Waals surface area contributed by atoms with Crippen molar-refractivity contribution in [1.29, 1.82) is 0 Å². The van der Waals surface area contributed by atoms with Crippen molar-refractivity contribution in [2.45, 2.75) is 57.7 Å². The second-order valence-corrected chi connectivity index (χ2v) is 10.1. The average Bonchev–Trinajstić information content (AvgIpc) is 3.51. The van der Waals surface area contributed by atoms with Gasteiger partial charge in [-0.25, -0.2) is 14.4 Å². The molecule has 0 radical (unpaired) electrons. The van der Waals surface area contributed by atoms with Gasteiger partial charge in [0.2, 0.25) is 11.9 Å². The maximum Gasteiger partial charge on any atom is 0.401 e. The van der Waals surface area contributed by atoms with Gasteiger partial charge in [0.15, 0.2) is 11.6 Å². The first-order valence-electron chi connectivity index (χ1n) is 13.4. The molecule has 1 aromatic carbocycles. The molecule has 2 N–H and O–H groups in total. The Morgan fingerprint density at radius 1 is 1.14 bits per heavy atom. The van der Waals surface area contributed by atoms with Gasteiger partial charge in [-0.3, -0.25) is 14.3 Å². The summed E-state index contributed by atoms with van der Waals surface area (Å²) in [6, 6.07) is 5.34. The minimum atomic E-state index is -4.47. The number of ether oxygens (including phenoxy) is 1. The summed E-state index contributed by atoms with van der Waals surface area (Å²) in [5.41, 5.74) is 0.495. The number of nitrogens with zero attached hydrogens (tertiary/aromatic N) is 5. The molecule has 0 bridgehead atoms. The minimum absolute atomic E-state index is 0.0796. The van der Waals surface area contributed by atoms with Crippen LogP contribution in [-0.4, -0.2) is 49.6 Å². The molecule has 1 saturated carbocycles. The third-order valence-corrected chi connectivity index (χ3v) is 6.98. The number of carbonyl (C=O) groups is 2. The Labute approximate surface area is 242 Å². The summed E-state index contributed by atoms with van der Waals surface area (Å²) in [4.78, 5) is 32.0. The van der Waals surface area contributed by atoms with Crippen molar-refractivity contribution in [3.05, 3.63) is 65.7 Å². The molecule has 3 heterocycles. The molecule has 0 unspecified atom stereocenters. The molecule has 5 rings (SSSR count). The lowest BCUT2D eigenvalue weighted by Crippen LogP contribution is -2.28. The van der Waals surface area contributed by atoms with Crippen LogP contribution in [0.1, 0.15) is 43.7 Å². The number of alkyl halides is 3. The number of halogens is 4. The fraction of sp³-hybridized carbons (Fsp3) is 0.357. The van der Waals surface area contributed by atoms with Gasteiger partial charge in [-0.2, -0.15) is 18.3 Å². The molecule has 11 nitrogen and oxygen atoms in total. The Kier molecular flexibility index (Phi) is 8.15. The van der Waals surface area contributed by atoms with E-state index in [0.717, 1.165) is 11.8 Å². The number of amides is 1. The lowest BCUT2D eigenvalue weighted by atomic mass is 10.0. The van der Waals surface area contributed by atoms with Gasteiger partial charge in [-0.05, 0) is 36.5 Å². The summed E-state index contributed by atoms with van der Waals surface area (Å²) in [6.45, 7) is 3.87. The second kappa shape index (κ2) is 11.8. The number of hydrogen-bond acceptors (Lipinski definition) is 9. The highest BCUT2D eigenvalue weighted by Gasteiger charge is 2.66. The molecular weight excluding hydrogens is 574 g/mol. The van der Waals surface area contributed by atoms with Crippen molar-refractivity contribution in [2.75, 3.05) is 17.2 Å². The van der Waals surface area contributed by atoms with Crippen LogP contribution in [0.2, 0.25) is 0 Å². The summed E-state index contributed by atoms with van der Waals surface area (Å²) < 4.78 is 66.2. The molecule has 1 aliphatic carbocycles. The molecule has 1 amide bonds. The number of hydrogen-bond donors (Lipinski definition) is 2. The summed E-state index contributed by atoms with van der Waals surface area (Å²) in [6.07, 6.45) is 0.385. The van der Waals surface area contributed by atoms with E-state index < -0.39 is 23.3 Å². The highest BCUT2D eigenvalue weighted by Crippen LogP contribution is 2.59. The van der Waals surface area contributed by atoms with E-state index >= 15 is 0 Å². The first kappa shape index (κ1) is 29.7. The van der Waals surface area contributed by atoms with Crippen LogP contribution < -0.4 is 10.6 Å². The van der Waals surface area contributed by atoms with Crippen LogP contribution in [0.4, 0.5) is 35.0 Å². The Hall–Kier alpha value is -4.82. The van der Waals surface area contributed by atoms with Gasteiger partial charge < -0.3 is 19.9 Å². The zero-order valence-corrected chi connectivity index (χ0v) is 23.2. The Morgan fingerprint density at radius 3 is 2.51 bits per heavy atom. The lowest BCUT2D eigenvalue weighted by Gasteiger charge is -2.14. The van der Waals surface area contributed by atoms with Crippen molar-refractivity contribution < 1.29 is 36.4 Å². The number of anilines is 3. The predicted octanol–water partition coefficient (Wildman–Crippen LogP) is 5.11. The van der Waals surface area contributed by atoms with Gasteiger partial charge in [0.1, 0.15) is 17.8 Å². The van der Waals surface area contributed by atoms with Crippen LogP contribution >= 0.6 is 0 Å². The zero-order valence-electron chi connectivity index (χ0n) is 23.2. The third kappa shape index (κ3) is 6.65. The van der Waals surface area contributed by atoms with Crippen molar-refractivity contribution in [3.8, 4) is 11.1 Å². The average molecular weight is 602 g/mol. The van der Waals surface area contributed by atoms with E-state index in [0.29, 0.717) is 35.7 Å². The fourth-order valence-corrected chi connectivity index (χ4v) is 4.47. The molecule has 1 aliphatic rings. The minimum Gasteiger partial charge on any atom is -0.464 e. The summed E-state index contributed by atoms with van der Waals surface area (Å²) in [5, 5.41) is 13.4. The summed E-state index contributed by atoms with van der Waals surface area (Å²) >= 11 is 0. The molecule has 43 heavy (non-hydrogen) atoms. The molecule has 0 spiro atoms. The largest absolute Gasteiger partial charge is 0.464 e. The van der Waals surface area contributed by atoms with Crippen LogP contribution in [0.25, 0.3) is 11.1 Å². The molecular formula is C28H27F4N7O4. The topological polar surface area (TPSA) is 137 Å². The smallest absolute Gasteiger partial charge is 0.401 e. The van der Waals surface area contributed by atoms with E-state index in [4.69, 9.17) is 9.26 Å². The van der Waals surface area contributed by atoms with Gasteiger partial charge in [0.05, 0.1) is 24.3 Å². The third-order valence-electron chi connectivity index (χ3n) is 6.98. The number of rotatable bonds is 11. The van der Waals surface area contributed by atoms with Crippen molar-refractivity contribution in [2.24, 2.45) is 0 Å². The first-order chi connectivity index (χ1) is 20.5. The number of esters is 1. The fourth-order valence-electron chi connectivity index (χ4n) is 4.47. The maximum absolute atomic E-state index is 14.9. The molecule has 0 aliphatic heterocycles. The predicted molar refractivity (Wildman–Crippen MR) is 145 cm³/mol. The summed E-state index contributed by atoms with van der Waals surface area (Å²) in [5.74, 6) is -1.91. The molecule has 3 aromatic heterocycles. The Bertz CT molecular complexity index is 1630. The van der Waals surface area contributed by atoms with E-state index in [9.17, 15) is 27.2 Å². The van der Waals surface area contributed by atoms with Gasteiger partial charge in [0, 0.05) is 37.1 Å². The van der Waals surface area contributed by atoms with E-state index in [1.54, 1.807) is 16.9 Å². The number of aryl methyl sites for hydroxylation is 1. The van der Waals surface area contributed by atoms with Gasteiger partial charge >= 0.3 is 12.1 Å². The molecule has 4 aromatic rings. The normalized spacial score (nSPS) is 13.9. The Morgan fingerprint density at radius 2 is 1.88 bits per heavy atom. The molecule has 226 valence electrons.